The van der Waals surface area contributed by atoms with Crippen LogP contribution in [-0.2, 0) is 9.59 Å². The molecule has 2 amide bonds. The average molecular weight is 391 g/mol. The third-order valence-electron chi connectivity index (χ3n) is 6.24. The molecule has 0 unspecified atom stereocenters. The zero-order valence-corrected chi connectivity index (χ0v) is 16.9. The van der Waals surface area contributed by atoms with Crippen LogP contribution in [0.1, 0.15) is 49.1 Å². The Balaban J connectivity index is 1.29. The van der Waals surface area contributed by atoms with Crippen molar-refractivity contribution in [1.29, 1.82) is 0 Å². The molecule has 2 aliphatic rings. The molecule has 2 fully saturated rings. The van der Waals surface area contributed by atoms with Crippen molar-refractivity contribution in [2.45, 2.75) is 38.0 Å². The van der Waals surface area contributed by atoms with E-state index in [1.54, 1.807) is 0 Å². The number of benzene rings is 2. The Kier molecular flexibility index (Phi) is 6.28. The predicted molar refractivity (Wildman–Crippen MR) is 114 cm³/mol. The zero-order chi connectivity index (χ0) is 20.1. The van der Waals surface area contributed by atoms with Crippen molar-refractivity contribution >= 4 is 11.8 Å². The van der Waals surface area contributed by atoms with Crippen LogP contribution in [0, 0.1) is 11.8 Å². The van der Waals surface area contributed by atoms with Gasteiger partial charge in [-0.2, -0.15) is 0 Å². The van der Waals surface area contributed by atoms with Crippen LogP contribution in [-0.4, -0.2) is 36.3 Å². The van der Waals surface area contributed by atoms with E-state index in [0.717, 1.165) is 45.2 Å². The van der Waals surface area contributed by atoms with E-state index < -0.39 is 0 Å². The number of amides is 2. The van der Waals surface area contributed by atoms with Gasteiger partial charge in [0.05, 0.1) is 0 Å². The second-order valence-corrected chi connectivity index (χ2v) is 8.33. The molecule has 0 spiro atoms. The summed E-state index contributed by atoms with van der Waals surface area (Å²) in [4.78, 5) is 26.8. The van der Waals surface area contributed by atoms with Crippen molar-refractivity contribution in [3.63, 3.8) is 0 Å². The molecule has 4 nitrogen and oxygen atoms in total. The van der Waals surface area contributed by atoms with Crippen molar-refractivity contribution in [2.24, 2.45) is 11.8 Å². The fourth-order valence-electron chi connectivity index (χ4n) is 4.33. The van der Waals surface area contributed by atoms with Crippen LogP contribution in [0.4, 0.5) is 0 Å². The Bertz CT molecular complexity index is 770. The first kappa shape index (κ1) is 19.7. The van der Waals surface area contributed by atoms with Gasteiger partial charge in [0.2, 0.25) is 11.8 Å². The Morgan fingerprint density at radius 1 is 0.828 bits per heavy atom. The molecule has 0 atom stereocenters. The quantitative estimate of drug-likeness (QED) is 0.778. The highest BCUT2D eigenvalue weighted by Crippen LogP contribution is 2.32. The van der Waals surface area contributed by atoms with E-state index in [9.17, 15) is 9.59 Å². The van der Waals surface area contributed by atoms with Crippen molar-refractivity contribution in [3.8, 4) is 0 Å². The first-order valence-corrected chi connectivity index (χ1v) is 10.9. The first-order chi connectivity index (χ1) is 14.2. The molecule has 2 aromatic rings. The molecule has 1 aliphatic heterocycles. The number of likely N-dealkylation sites (tertiary alicyclic amines) is 1. The van der Waals surface area contributed by atoms with Gasteiger partial charge in [0.1, 0.15) is 0 Å². The zero-order valence-electron chi connectivity index (χ0n) is 16.9. The summed E-state index contributed by atoms with van der Waals surface area (Å²) in [5, 5.41) is 3.16. The molecule has 0 bridgehead atoms. The van der Waals surface area contributed by atoms with Gasteiger partial charge in [-0.15, -0.1) is 0 Å². The van der Waals surface area contributed by atoms with Crippen LogP contribution in [0.3, 0.4) is 0 Å². The SMILES string of the molecule is O=C(NCCC(c1ccccc1)c1ccccc1)C1CCN(C(=O)C2CC2)CC1. The van der Waals surface area contributed by atoms with Gasteiger partial charge >= 0.3 is 0 Å². The van der Waals surface area contributed by atoms with Gasteiger partial charge in [-0.1, -0.05) is 60.7 Å². The van der Waals surface area contributed by atoms with E-state index in [4.69, 9.17) is 0 Å². The van der Waals surface area contributed by atoms with Crippen LogP contribution < -0.4 is 5.32 Å². The first-order valence-electron chi connectivity index (χ1n) is 10.9. The molecular formula is C25H30N2O2. The normalized spacial score (nSPS) is 17.3. The maximum atomic E-state index is 12.7. The Labute approximate surface area is 173 Å². The highest BCUT2D eigenvalue weighted by molar-refractivity contribution is 5.82. The number of hydrogen-bond acceptors (Lipinski definition) is 2. The van der Waals surface area contributed by atoms with Crippen molar-refractivity contribution < 1.29 is 9.59 Å². The van der Waals surface area contributed by atoms with E-state index in [0.29, 0.717) is 12.5 Å². The van der Waals surface area contributed by atoms with Gasteiger partial charge in [0.15, 0.2) is 0 Å². The summed E-state index contributed by atoms with van der Waals surface area (Å²) in [7, 11) is 0. The van der Waals surface area contributed by atoms with E-state index in [-0.39, 0.29) is 23.7 Å². The van der Waals surface area contributed by atoms with Crippen LogP contribution in [0.5, 0.6) is 0 Å². The lowest BCUT2D eigenvalue weighted by molar-refractivity contribution is -0.136. The standard InChI is InChI=1S/C25H30N2O2/c28-24(21-14-17-27(18-15-21)25(29)22-11-12-22)26-16-13-23(19-7-3-1-4-8-19)20-9-5-2-6-10-20/h1-10,21-23H,11-18H2,(H,26,28). The number of nitrogens with one attached hydrogen (secondary N) is 1. The second kappa shape index (κ2) is 9.25. The van der Waals surface area contributed by atoms with Gasteiger partial charge in [-0.25, -0.2) is 0 Å². The number of carbonyl (C=O) groups excluding carboxylic acids is 2. The predicted octanol–water partition coefficient (Wildman–Crippen LogP) is 3.97. The third kappa shape index (κ3) is 5.06. The molecular weight excluding hydrogens is 360 g/mol. The minimum absolute atomic E-state index is 0.0325. The smallest absolute Gasteiger partial charge is 0.225 e. The lowest BCUT2D eigenvalue weighted by atomic mass is 9.88. The van der Waals surface area contributed by atoms with Crippen molar-refractivity contribution in [2.75, 3.05) is 19.6 Å². The molecule has 1 aliphatic carbocycles. The molecule has 0 radical (unpaired) electrons. The summed E-state index contributed by atoms with van der Waals surface area (Å²) in [6, 6.07) is 21.0. The van der Waals surface area contributed by atoms with Crippen LogP contribution >= 0.6 is 0 Å². The largest absolute Gasteiger partial charge is 0.356 e. The molecule has 152 valence electrons. The van der Waals surface area contributed by atoms with Gasteiger partial charge < -0.3 is 10.2 Å². The summed E-state index contributed by atoms with van der Waals surface area (Å²) in [6.45, 7) is 2.11. The van der Waals surface area contributed by atoms with Crippen molar-refractivity contribution in [3.05, 3.63) is 71.8 Å². The molecule has 2 aromatic carbocycles. The lowest BCUT2D eigenvalue weighted by Crippen LogP contribution is -2.43. The van der Waals surface area contributed by atoms with Gasteiger partial charge in [-0.05, 0) is 43.2 Å². The van der Waals surface area contributed by atoms with E-state index in [1.165, 1.54) is 11.1 Å². The van der Waals surface area contributed by atoms with E-state index in [2.05, 4.69) is 53.8 Å². The molecule has 1 heterocycles. The van der Waals surface area contributed by atoms with Gasteiger partial charge in [0.25, 0.3) is 0 Å². The van der Waals surface area contributed by atoms with Crippen LogP contribution in [0.15, 0.2) is 60.7 Å². The van der Waals surface area contributed by atoms with Gasteiger partial charge in [-0.3, -0.25) is 9.59 Å². The fourth-order valence-corrected chi connectivity index (χ4v) is 4.33. The Morgan fingerprint density at radius 2 is 1.38 bits per heavy atom. The fraction of sp³-hybridized carbons (Fsp3) is 0.440. The number of rotatable bonds is 7. The summed E-state index contributed by atoms with van der Waals surface area (Å²) >= 11 is 0. The second-order valence-electron chi connectivity index (χ2n) is 8.33. The Hall–Kier alpha value is -2.62. The van der Waals surface area contributed by atoms with Crippen LogP contribution in [0.2, 0.25) is 0 Å². The molecule has 1 N–H and O–H groups in total. The summed E-state index contributed by atoms with van der Waals surface area (Å²) in [5.41, 5.74) is 2.56. The molecule has 4 rings (SSSR count). The molecule has 4 heteroatoms. The average Bonchev–Trinajstić information content (AvgIpc) is 3.63. The summed E-state index contributed by atoms with van der Waals surface area (Å²) in [5.74, 6) is 1.02. The number of nitrogens with zero attached hydrogens (tertiary/aromatic N) is 1. The van der Waals surface area contributed by atoms with E-state index >= 15 is 0 Å². The van der Waals surface area contributed by atoms with Gasteiger partial charge in [0, 0.05) is 37.4 Å². The lowest BCUT2D eigenvalue weighted by Gasteiger charge is -2.31. The summed E-state index contributed by atoms with van der Waals surface area (Å²) < 4.78 is 0. The maximum absolute atomic E-state index is 12.7. The highest BCUT2D eigenvalue weighted by Gasteiger charge is 2.35. The molecule has 0 aromatic heterocycles. The topological polar surface area (TPSA) is 49.4 Å². The Morgan fingerprint density at radius 3 is 1.90 bits per heavy atom. The number of hydrogen-bond donors (Lipinski definition) is 1. The number of piperidine rings is 1. The van der Waals surface area contributed by atoms with E-state index in [1.807, 2.05) is 17.0 Å². The van der Waals surface area contributed by atoms with Crippen LogP contribution in [0.25, 0.3) is 0 Å². The third-order valence-corrected chi connectivity index (χ3v) is 6.24. The maximum Gasteiger partial charge on any atom is 0.225 e. The molecule has 29 heavy (non-hydrogen) atoms. The minimum Gasteiger partial charge on any atom is -0.356 e. The highest BCUT2D eigenvalue weighted by atomic mass is 16.2. The van der Waals surface area contributed by atoms with Crippen molar-refractivity contribution in [1.82, 2.24) is 10.2 Å². The molecule has 1 saturated carbocycles. The minimum atomic E-state index is 0.0325. The molecule has 1 saturated heterocycles. The monoisotopic (exact) mass is 390 g/mol. The summed E-state index contributed by atoms with van der Waals surface area (Å²) in [6.07, 6.45) is 4.53. The number of carbonyl (C=O) groups is 2.